The minimum Gasteiger partial charge on any atom is -0.368 e. The van der Waals surface area contributed by atoms with Gasteiger partial charge in [-0.15, -0.1) is 0 Å². The summed E-state index contributed by atoms with van der Waals surface area (Å²) in [5.74, 6) is -0.303. The smallest absolute Gasteiger partial charge is 0.288 e. The highest BCUT2D eigenvalue weighted by Crippen LogP contribution is 2.32. The van der Waals surface area contributed by atoms with E-state index in [4.69, 9.17) is 0 Å². The summed E-state index contributed by atoms with van der Waals surface area (Å²) in [5.41, 5.74) is 2.27. The summed E-state index contributed by atoms with van der Waals surface area (Å²) >= 11 is 0. The molecule has 2 N–H and O–H groups in total. The van der Waals surface area contributed by atoms with Crippen LogP contribution in [0, 0.1) is 12.7 Å². The number of aryl methyl sites for hydroxylation is 1. The largest absolute Gasteiger partial charge is 0.368 e. The van der Waals surface area contributed by atoms with Crippen molar-refractivity contribution >= 4 is 28.4 Å². The molecule has 1 aliphatic heterocycles. The Morgan fingerprint density at radius 3 is 2.42 bits per heavy atom. The Kier molecular flexibility index (Phi) is 5.78. The molecule has 0 amide bonds. The number of hydrogen-bond donors (Lipinski definition) is 2. The summed E-state index contributed by atoms with van der Waals surface area (Å²) in [6.07, 6.45) is 5.44. The van der Waals surface area contributed by atoms with Crippen molar-refractivity contribution in [3.63, 3.8) is 0 Å². The van der Waals surface area contributed by atoms with Crippen molar-refractivity contribution in [1.82, 2.24) is 19.9 Å². The number of nitrogens with zero attached hydrogens (tertiary/aromatic N) is 4. The van der Waals surface area contributed by atoms with Gasteiger partial charge >= 0.3 is 0 Å². The van der Waals surface area contributed by atoms with Gasteiger partial charge in [-0.05, 0) is 57.9 Å². The number of halogens is 1. The zero-order chi connectivity index (χ0) is 23.1. The fraction of sp³-hybridized carbons (Fsp3) is 0.480. The summed E-state index contributed by atoms with van der Waals surface area (Å²) in [4.78, 5) is 24.3. The molecule has 2 unspecified atom stereocenters. The van der Waals surface area contributed by atoms with Gasteiger partial charge in [-0.25, -0.2) is 9.37 Å². The lowest BCUT2D eigenvalue weighted by Gasteiger charge is -2.37. The maximum atomic E-state index is 14.6. The topological polar surface area (TPSA) is 75.1 Å². The minimum absolute atomic E-state index is 0.0130. The number of anilines is 3. The maximum absolute atomic E-state index is 14.6. The standard InChI is InChI=1S/C25H31FN6O/c1-15-13-31(14-16(2)28-15)19-10-8-18(9-11-19)29-25-27-12-21-17(3)22(26)24(33)32(23(21)30-25)20-6-4-5-7-20/h8-12,15-16,20,28H,4-7,13-14H2,1-3H3,(H,27,29,30). The van der Waals surface area contributed by atoms with Crippen LogP contribution in [0.3, 0.4) is 0 Å². The zero-order valence-corrected chi connectivity index (χ0v) is 19.4. The lowest BCUT2D eigenvalue weighted by Crippen LogP contribution is -2.54. The number of pyridine rings is 1. The van der Waals surface area contributed by atoms with Crippen LogP contribution in [-0.4, -0.2) is 39.7 Å². The molecule has 1 saturated heterocycles. The Morgan fingerprint density at radius 1 is 1.09 bits per heavy atom. The van der Waals surface area contributed by atoms with Gasteiger partial charge in [-0.2, -0.15) is 4.98 Å². The molecule has 2 aromatic heterocycles. The van der Waals surface area contributed by atoms with E-state index in [1.165, 1.54) is 5.69 Å². The van der Waals surface area contributed by atoms with Crippen molar-refractivity contribution in [3.8, 4) is 0 Å². The van der Waals surface area contributed by atoms with Crippen molar-refractivity contribution in [3.05, 3.63) is 52.2 Å². The van der Waals surface area contributed by atoms with E-state index >= 15 is 0 Å². The van der Waals surface area contributed by atoms with Gasteiger partial charge in [0.05, 0.1) is 0 Å². The summed E-state index contributed by atoms with van der Waals surface area (Å²) in [6, 6.07) is 9.11. The average molecular weight is 451 g/mol. The number of piperazine rings is 1. The van der Waals surface area contributed by atoms with Crippen LogP contribution in [0.2, 0.25) is 0 Å². The van der Waals surface area contributed by atoms with Gasteiger partial charge < -0.3 is 15.5 Å². The Balaban J connectivity index is 1.44. The SMILES string of the molecule is Cc1c(F)c(=O)n(C2CCCC2)c2nc(Nc3ccc(N4CC(C)NC(C)C4)cc3)ncc12. The van der Waals surface area contributed by atoms with Crippen LogP contribution >= 0.6 is 0 Å². The van der Waals surface area contributed by atoms with Crippen LogP contribution < -0.4 is 21.1 Å². The van der Waals surface area contributed by atoms with Crippen LogP contribution in [0.4, 0.5) is 21.7 Å². The monoisotopic (exact) mass is 450 g/mol. The third kappa shape index (κ3) is 4.19. The highest BCUT2D eigenvalue weighted by molar-refractivity contribution is 5.79. The van der Waals surface area contributed by atoms with Gasteiger partial charge in [-0.3, -0.25) is 9.36 Å². The lowest BCUT2D eigenvalue weighted by molar-refractivity contribution is 0.407. The molecule has 2 aliphatic rings. The summed E-state index contributed by atoms with van der Waals surface area (Å²) in [6.45, 7) is 7.97. The van der Waals surface area contributed by atoms with Crippen molar-refractivity contribution in [2.24, 2.45) is 0 Å². The minimum atomic E-state index is -0.703. The van der Waals surface area contributed by atoms with E-state index in [1.807, 2.05) is 12.1 Å². The molecule has 7 nitrogen and oxygen atoms in total. The number of hydrogen-bond acceptors (Lipinski definition) is 6. The average Bonchev–Trinajstić information content (AvgIpc) is 3.32. The van der Waals surface area contributed by atoms with Gasteiger partial charge in [0.2, 0.25) is 5.95 Å². The van der Waals surface area contributed by atoms with Gasteiger partial charge in [0, 0.05) is 59.7 Å². The van der Waals surface area contributed by atoms with Crippen molar-refractivity contribution in [1.29, 1.82) is 0 Å². The molecular weight excluding hydrogens is 419 g/mol. The number of fused-ring (bicyclic) bond motifs is 1. The van der Waals surface area contributed by atoms with E-state index in [0.29, 0.717) is 34.6 Å². The number of aromatic nitrogens is 3. The number of rotatable bonds is 4. The number of benzene rings is 1. The fourth-order valence-corrected chi connectivity index (χ4v) is 5.29. The molecule has 0 radical (unpaired) electrons. The van der Waals surface area contributed by atoms with Crippen molar-refractivity contribution in [2.45, 2.75) is 64.6 Å². The number of nitrogens with one attached hydrogen (secondary N) is 2. The summed E-state index contributed by atoms with van der Waals surface area (Å²) < 4.78 is 16.2. The van der Waals surface area contributed by atoms with Crippen molar-refractivity contribution < 1.29 is 4.39 Å². The second-order valence-electron chi connectivity index (χ2n) is 9.53. The van der Waals surface area contributed by atoms with E-state index in [0.717, 1.165) is 44.5 Å². The molecule has 174 valence electrons. The zero-order valence-electron chi connectivity index (χ0n) is 19.4. The first kappa shape index (κ1) is 21.8. The first-order valence-electron chi connectivity index (χ1n) is 11.9. The first-order chi connectivity index (χ1) is 15.9. The second-order valence-corrected chi connectivity index (χ2v) is 9.53. The molecule has 8 heteroatoms. The molecule has 3 heterocycles. The van der Waals surface area contributed by atoms with Crippen LogP contribution in [0.1, 0.15) is 51.1 Å². The normalized spacial score (nSPS) is 21.6. The van der Waals surface area contributed by atoms with Crippen LogP contribution in [0.25, 0.3) is 11.0 Å². The molecule has 33 heavy (non-hydrogen) atoms. The molecule has 0 bridgehead atoms. The van der Waals surface area contributed by atoms with Crippen LogP contribution in [0.15, 0.2) is 35.3 Å². The molecular formula is C25H31FN6O. The van der Waals surface area contributed by atoms with Gasteiger partial charge in [0.15, 0.2) is 5.82 Å². The lowest BCUT2D eigenvalue weighted by atomic mass is 10.1. The van der Waals surface area contributed by atoms with E-state index in [9.17, 15) is 9.18 Å². The highest BCUT2D eigenvalue weighted by Gasteiger charge is 2.25. The summed E-state index contributed by atoms with van der Waals surface area (Å²) in [5, 5.41) is 7.39. The Morgan fingerprint density at radius 2 is 1.76 bits per heavy atom. The predicted octanol–water partition coefficient (Wildman–Crippen LogP) is 4.28. The predicted molar refractivity (Wildman–Crippen MR) is 130 cm³/mol. The van der Waals surface area contributed by atoms with Crippen LogP contribution in [-0.2, 0) is 0 Å². The molecule has 2 atom stereocenters. The molecule has 1 saturated carbocycles. The third-order valence-corrected chi connectivity index (χ3v) is 6.87. The quantitative estimate of drug-likeness (QED) is 0.618. The maximum Gasteiger partial charge on any atom is 0.288 e. The Bertz CT molecular complexity index is 1210. The van der Waals surface area contributed by atoms with Crippen LogP contribution in [0.5, 0.6) is 0 Å². The van der Waals surface area contributed by atoms with Gasteiger partial charge in [-0.1, -0.05) is 12.8 Å². The molecule has 3 aromatic rings. The van der Waals surface area contributed by atoms with Gasteiger partial charge in [0.1, 0.15) is 5.65 Å². The Hall–Kier alpha value is -3.00. The summed E-state index contributed by atoms with van der Waals surface area (Å²) in [7, 11) is 0. The van der Waals surface area contributed by atoms with Gasteiger partial charge in [0.25, 0.3) is 5.56 Å². The highest BCUT2D eigenvalue weighted by atomic mass is 19.1. The van der Waals surface area contributed by atoms with E-state index < -0.39 is 11.4 Å². The molecule has 1 aromatic carbocycles. The molecule has 0 spiro atoms. The van der Waals surface area contributed by atoms with Crippen molar-refractivity contribution in [2.75, 3.05) is 23.3 Å². The Labute approximate surface area is 193 Å². The molecule has 1 aliphatic carbocycles. The fourth-order valence-electron chi connectivity index (χ4n) is 5.29. The second kappa shape index (κ2) is 8.74. The van der Waals surface area contributed by atoms with E-state index in [1.54, 1.807) is 17.7 Å². The van der Waals surface area contributed by atoms with E-state index in [-0.39, 0.29) is 6.04 Å². The molecule has 5 rings (SSSR count). The third-order valence-electron chi connectivity index (χ3n) is 6.87. The molecule has 2 fully saturated rings. The van der Waals surface area contributed by atoms with E-state index in [2.05, 4.69) is 51.5 Å². The first-order valence-corrected chi connectivity index (χ1v) is 11.9.